The van der Waals surface area contributed by atoms with Crippen LogP contribution in [0.3, 0.4) is 0 Å². The maximum absolute atomic E-state index is 13.5. The second-order valence-electron chi connectivity index (χ2n) is 4.25. The predicted octanol–water partition coefficient (Wildman–Crippen LogP) is 3.57. The summed E-state index contributed by atoms with van der Waals surface area (Å²) in [7, 11) is 0. The smallest absolute Gasteiger partial charge is 0.304 e. The molecule has 0 aliphatic heterocycles. The Labute approximate surface area is 128 Å². The van der Waals surface area contributed by atoms with Crippen LogP contribution in [0.2, 0.25) is 0 Å². The highest BCUT2D eigenvalue weighted by atomic mass is 79.9. The lowest BCUT2D eigenvalue weighted by Crippen LogP contribution is -1.99. The number of aliphatic hydroxyl groups is 1. The zero-order valence-corrected chi connectivity index (χ0v) is 12.3. The number of rotatable bonds is 5. The van der Waals surface area contributed by atoms with Crippen LogP contribution in [0.25, 0.3) is 0 Å². The van der Waals surface area contributed by atoms with E-state index in [-0.39, 0.29) is 13.2 Å². The summed E-state index contributed by atoms with van der Waals surface area (Å²) in [6, 6.07) is 8.73. The van der Waals surface area contributed by atoms with E-state index in [0.29, 0.717) is 15.8 Å². The van der Waals surface area contributed by atoms with E-state index in [1.807, 2.05) is 0 Å². The summed E-state index contributed by atoms with van der Waals surface area (Å²) in [5.41, 5.74) is 0.652. The fourth-order valence-corrected chi connectivity index (χ4v) is 2.25. The first kappa shape index (κ1) is 15.4. The molecule has 0 heterocycles. The third-order valence-electron chi connectivity index (χ3n) is 2.78. The van der Waals surface area contributed by atoms with E-state index < -0.39 is 16.4 Å². The van der Waals surface area contributed by atoms with Crippen molar-refractivity contribution in [3.8, 4) is 5.75 Å². The summed E-state index contributed by atoms with van der Waals surface area (Å²) in [4.78, 5) is 9.75. The average Bonchev–Trinajstić information content (AvgIpc) is 2.45. The van der Waals surface area contributed by atoms with E-state index in [2.05, 4.69) is 15.9 Å². The molecule has 0 radical (unpaired) electrons. The monoisotopic (exact) mass is 355 g/mol. The number of ether oxygens (including phenoxy) is 1. The summed E-state index contributed by atoms with van der Waals surface area (Å²) < 4.78 is 19.6. The van der Waals surface area contributed by atoms with Crippen molar-refractivity contribution in [2.45, 2.75) is 13.2 Å². The third kappa shape index (κ3) is 3.77. The summed E-state index contributed by atoms with van der Waals surface area (Å²) in [5, 5.41) is 19.5. The van der Waals surface area contributed by atoms with Gasteiger partial charge in [-0.15, -0.1) is 0 Å². The molecule has 0 unspecified atom stereocenters. The van der Waals surface area contributed by atoms with Gasteiger partial charge in [-0.05, 0) is 51.3 Å². The molecule has 0 amide bonds. The van der Waals surface area contributed by atoms with Gasteiger partial charge in [-0.1, -0.05) is 6.07 Å². The highest BCUT2D eigenvalue weighted by Crippen LogP contribution is 2.27. The number of nitro benzene ring substituents is 1. The van der Waals surface area contributed by atoms with E-state index in [1.165, 1.54) is 6.07 Å². The lowest BCUT2D eigenvalue weighted by molar-refractivity contribution is -0.387. The van der Waals surface area contributed by atoms with Gasteiger partial charge in [0, 0.05) is 6.07 Å². The zero-order chi connectivity index (χ0) is 15.4. The van der Waals surface area contributed by atoms with Gasteiger partial charge in [-0.2, -0.15) is 4.39 Å². The first-order valence-electron chi connectivity index (χ1n) is 5.96. The fourth-order valence-electron chi connectivity index (χ4n) is 1.71. The van der Waals surface area contributed by atoms with Crippen molar-refractivity contribution in [3.63, 3.8) is 0 Å². The Morgan fingerprint density at radius 2 is 1.95 bits per heavy atom. The molecule has 0 atom stereocenters. The molecule has 0 bridgehead atoms. The Balaban J connectivity index is 2.10. The number of hydrogen-bond acceptors (Lipinski definition) is 4. The molecule has 0 saturated carbocycles. The van der Waals surface area contributed by atoms with Gasteiger partial charge in [-0.25, -0.2) is 0 Å². The first-order chi connectivity index (χ1) is 10.0. The van der Waals surface area contributed by atoms with Crippen LogP contribution in [-0.4, -0.2) is 10.0 Å². The van der Waals surface area contributed by atoms with Gasteiger partial charge in [0.15, 0.2) is 0 Å². The Morgan fingerprint density at radius 3 is 2.52 bits per heavy atom. The zero-order valence-electron chi connectivity index (χ0n) is 10.8. The molecule has 2 aromatic carbocycles. The van der Waals surface area contributed by atoms with Crippen molar-refractivity contribution in [3.05, 3.63) is 67.9 Å². The van der Waals surface area contributed by atoms with Crippen LogP contribution in [0.5, 0.6) is 5.75 Å². The molecule has 7 heteroatoms. The first-order valence-corrected chi connectivity index (χ1v) is 6.75. The highest BCUT2D eigenvalue weighted by Gasteiger charge is 2.14. The Hall–Kier alpha value is -1.99. The average molecular weight is 356 g/mol. The molecule has 21 heavy (non-hydrogen) atoms. The van der Waals surface area contributed by atoms with Gasteiger partial charge in [0.05, 0.1) is 16.0 Å². The van der Waals surface area contributed by atoms with Crippen LogP contribution in [0.1, 0.15) is 11.1 Å². The van der Waals surface area contributed by atoms with Crippen LogP contribution < -0.4 is 4.74 Å². The minimum Gasteiger partial charge on any atom is -0.488 e. The Bertz CT molecular complexity index is 678. The standard InChI is InChI=1S/C14H11BrFNO4/c15-11-5-9(7-18)2-4-14(11)21-8-10-1-3-13(17(19)20)12(16)6-10/h1-6,18H,7-8H2. The number of halogens is 2. The summed E-state index contributed by atoms with van der Waals surface area (Å²) in [6.07, 6.45) is 0. The van der Waals surface area contributed by atoms with Gasteiger partial charge >= 0.3 is 5.69 Å². The van der Waals surface area contributed by atoms with Gasteiger partial charge in [0.25, 0.3) is 0 Å². The van der Waals surface area contributed by atoms with Crippen LogP contribution in [0.4, 0.5) is 10.1 Å². The molecule has 110 valence electrons. The van der Waals surface area contributed by atoms with E-state index >= 15 is 0 Å². The molecule has 0 saturated heterocycles. The van der Waals surface area contributed by atoms with Gasteiger partial charge in [0.2, 0.25) is 5.82 Å². The Kier molecular flexibility index (Phi) is 4.87. The predicted molar refractivity (Wildman–Crippen MR) is 77.5 cm³/mol. The number of hydrogen-bond donors (Lipinski definition) is 1. The number of aliphatic hydroxyl groups excluding tert-OH is 1. The van der Waals surface area contributed by atoms with Gasteiger partial charge in [-0.3, -0.25) is 10.1 Å². The highest BCUT2D eigenvalue weighted by molar-refractivity contribution is 9.10. The molecule has 2 rings (SSSR count). The molecular weight excluding hydrogens is 345 g/mol. The molecule has 5 nitrogen and oxygen atoms in total. The molecule has 0 spiro atoms. The molecule has 0 aromatic heterocycles. The van der Waals surface area contributed by atoms with E-state index in [9.17, 15) is 14.5 Å². The largest absolute Gasteiger partial charge is 0.488 e. The summed E-state index contributed by atoms with van der Waals surface area (Å²) >= 11 is 3.31. The molecule has 2 aromatic rings. The molecule has 1 N–H and O–H groups in total. The van der Waals surface area contributed by atoms with Crippen molar-refractivity contribution in [1.29, 1.82) is 0 Å². The Morgan fingerprint density at radius 1 is 1.24 bits per heavy atom. The summed E-state index contributed by atoms with van der Waals surface area (Å²) in [5.74, 6) is -0.359. The van der Waals surface area contributed by atoms with Crippen molar-refractivity contribution >= 4 is 21.6 Å². The lowest BCUT2D eigenvalue weighted by atomic mass is 10.2. The van der Waals surface area contributed by atoms with E-state index in [1.54, 1.807) is 18.2 Å². The SMILES string of the molecule is O=[N+]([O-])c1ccc(COc2ccc(CO)cc2Br)cc1F. The maximum Gasteiger partial charge on any atom is 0.304 e. The van der Waals surface area contributed by atoms with Crippen molar-refractivity contribution in [2.24, 2.45) is 0 Å². The van der Waals surface area contributed by atoms with E-state index in [4.69, 9.17) is 9.84 Å². The number of nitrogens with zero attached hydrogens (tertiary/aromatic N) is 1. The summed E-state index contributed by atoms with van der Waals surface area (Å²) in [6.45, 7) is -0.00156. The van der Waals surface area contributed by atoms with Crippen molar-refractivity contribution in [2.75, 3.05) is 0 Å². The van der Waals surface area contributed by atoms with Crippen LogP contribution in [0, 0.1) is 15.9 Å². The van der Waals surface area contributed by atoms with Gasteiger partial charge < -0.3 is 9.84 Å². The second kappa shape index (κ2) is 6.64. The number of benzene rings is 2. The molecule has 0 aliphatic carbocycles. The van der Waals surface area contributed by atoms with Crippen LogP contribution in [0.15, 0.2) is 40.9 Å². The minimum atomic E-state index is -0.893. The van der Waals surface area contributed by atoms with Crippen LogP contribution >= 0.6 is 15.9 Å². The third-order valence-corrected chi connectivity index (χ3v) is 3.40. The lowest BCUT2D eigenvalue weighted by Gasteiger charge is -2.09. The van der Waals surface area contributed by atoms with Crippen LogP contribution in [-0.2, 0) is 13.2 Å². The second-order valence-corrected chi connectivity index (χ2v) is 5.11. The fraction of sp³-hybridized carbons (Fsp3) is 0.143. The minimum absolute atomic E-state index is 0.0754. The maximum atomic E-state index is 13.5. The normalized spacial score (nSPS) is 10.4. The number of nitro groups is 1. The van der Waals surface area contributed by atoms with E-state index in [0.717, 1.165) is 17.7 Å². The quantitative estimate of drug-likeness (QED) is 0.657. The molecular formula is C14H11BrFNO4. The molecule has 0 fully saturated rings. The van der Waals surface area contributed by atoms with Crippen molar-refractivity contribution in [1.82, 2.24) is 0 Å². The van der Waals surface area contributed by atoms with Crippen molar-refractivity contribution < 1.29 is 19.2 Å². The topological polar surface area (TPSA) is 72.6 Å². The van der Waals surface area contributed by atoms with Gasteiger partial charge in [0.1, 0.15) is 12.4 Å². The molecule has 0 aliphatic rings.